The maximum Gasteiger partial charge on any atom is 0.0266 e. The van der Waals surface area contributed by atoms with Gasteiger partial charge in [-0.2, -0.15) is 0 Å². The molecule has 0 aliphatic heterocycles. The van der Waals surface area contributed by atoms with Gasteiger partial charge >= 0.3 is 0 Å². The molecule has 0 aliphatic rings. The summed E-state index contributed by atoms with van der Waals surface area (Å²) in [4.78, 5) is 0. The van der Waals surface area contributed by atoms with E-state index in [1.54, 1.807) is 0 Å². The molecule has 0 unspecified atom stereocenters. The summed E-state index contributed by atoms with van der Waals surface area (Å²) < 4.78 is 0. The van der Waals surface area contributed by atoms with Crippen molar-refractivity contribution in [1.82, 2.24) is 0 Å². The van der Waals surface area contributed by atoms with Gasteiger partial charge in [0.2, 0.25) is 0 Å². The summed E-state index contributed by atoms with van der Waals surface area (Å²) in [5.74, 6) is 0.604. The van der Waals surface area contributed by atoms with E-state index in [2.05, 4.69) is 38.1 Å². The summed E-state index contributed by atoms with van der Waals surface area (Å²) in [7, 11) is 0. The van der Waals surface area contributed by atoms with Gasteiger partial charge in [-0.15, -0.1) is 12.4 Å². The van der Waals surface area contributed by atoms with Crippen LogP contribution in [0, 0.1) is 0 Å². The highest BCUT2D eigenvalue weighted by Crippen LogP contribution is 2.16. The molecule has 0 spiro atoms. The average molecular weight is 200 g/mol. The second kappa shape index (κ2) is 5.25. The summed E-state index contributed by atoms with van der Waals surface area (Å²) in [5, 5.41) is 0. The van der Waals surface area contributed by atoms with Crippen LogP contribution in [0.1, 0.15) is 43.9 Å². The Bertz CT molecular complexity index is 212. The Morgan fingerprint density at radius 2 is 1.31 bits per heavy atom. The Labute approximate surface area is 86.7 Å². The second-order valence-electron chi connectivity index (χ2n) is 3.61. The highest BCUT2D eigenvalue weighted by molar-refractivity contribution is 5.85. The van der Waals surface area contributed by atoms with E-state index < -0.39 is 0 Å². The van der Waals surface area contributed by atoms with Gasteiger partial charge in [-0.05, 0) is 24.0 Å². The van der Waals surface area contributed by atoms with Crippen LogP contribution in [0.3, 0.4) is 0 Å². The van der Waals surface area contributed by atoms with Gasteiger partial charge in [0.05, 0.1) is 0 Å². The molecular weight excluding hydrogens is 182 g/mol. The van der Waals surface area contributed by atoms with Crippen molar-refractivity contribution >= 4 is 12.4 Å². The molecule has 1 rings (SSSR count). The average Bonchev–Trinajstić information content (AvgIpc) is 2.04. The van der Waals surface area contributed by atoms with Crippen molar-refractivity contribution in [3.63, 3.8) is 0 Å². The van der Waals surface area contributed by atoms with Gasteiger partial charge in [0, 0.05) is 6.04 Å². The topological polar surface area (TPSA) is 26.0 Å². The van der Waals surface area contributed by atoms with Crippen LogP contribution in [0.4, 0.5) is 0 Å². The molecule has 0 saturated heterocycles. The first-order chi connectivity index (χ1) is 5.61. The van der Waals surface area contributed by atoms with Gasteiger partial charge in [0.25, 0.3) is 0 Å². The number of nitrogens with two attached hydrogens (primary N) is 1. The van der Waals surface area contributed by atoms with Crippen molar-refractivity contribution < 1.29 is 0 Å². The van der Waals surface area contributed by atoms with Crippen molar-refractivity contribution in [2.45, 2.75) is 32.7 Å². The minimum Gasteiger partial charge on any atom is -0.324 e. The Morgan fingerprint density at radius 3 is 1.62 bits per heavy atom. The van der Waals surface area contributed by atoms with Crippen LogP contribution < -0.4 is 5.73 Å². The Hall–Kier alpha value is -0.530. The van der Waals surface area contributed by atoms with Crippen molar-refractivity contribution in [1.29, 1.82) is 0 Å². The third kappa shape index (κ3) is 3.37. The number of halogens is 1. The molecule has 1 aromatic rings. The molecule has 0 radical (unpaired) electrons. The number of rotatable bonds is 2. The fourth-order valence-corrected chi connectivity index (χ4v) is 1.18. The molecular formula is C11H18ClN. The zero-order valence-corrected chi connectivity index (χ0v) is 9.27. The molecule has 13 heavy (non-hydrogen) atoms. The van der Waals surface area contributed by atoms with E-state index in [9.17, 15) is 0 Å². The van der Waals surface area contributed by atoms with Crippen LogP contribution in [-0.2, 0) is 0 Å². The molecule has 0 fully saturated rings. The van der Waals surface area contributed by atoms with Crippen LogP contribution in [0.25, 0.3) is 0 Å². The number of hydrogen-bond donors (Lipinski definition) is 1. The molecule has 1 aromatic carbocycles. The van der Waals surface area contributed by atoms with Crippen molar-refractivity contribution in [2.75, 3.05) is 0 Å². The first-order valence-electron chi connectivity index (χ1n) is 4.46. The Balaban J connectivity index is 0.00000144. The lowest BCUT2D eigenvalue weighted by Gasteiger charge is -2.08. The predicted octanol–water partition coefficient (Wildman–Crippen LogP) is 3.25. The van der Waals surface area contributed by atoms with Crippen molar-refractivity contribution in [3.8, 4) is 0 Å². The highest BCUT2D eigenvalue weighted by Gasteiger charge is 2.00. The van der Waals surface area contributed by atoms with E-state index in [-0.39, 0.29) is 18.4 Å². The lowest BCUT2D eigenvalue weighted by molar-refractivity contribution is 0.811. The van der Waals surface area contributed by atoms with Gasteiger partial charge in [-0.3, -0.25) is 0 Å². The lowest BCUT2D eigenvalue weighted by atomic mass is 10.00. The number of benzene rings is 1. The van der Waals surface area contributed by atoms with Crippen LogP contribution in [0.5, 0.6) is 0 Å². The van der Waals surface area contributed by atoms with E-state index in [0.29, 0.717) is 5.92 Å². The molecule has 0 aliphatic carbocycles. The van der Waals surface area contributed by atoms with Crippen LogP contribution in [0.15, 0.2) is 24.3 Å². The van der Waals surface area contributed by atoms with Gasteiger partial charge in [-0.25, -0.2) is 0 Å². The summed E-state index contributed by atoms with van der Waals surface area (Å²) in [5.41, 5.74) is 8.32. The van der Waals surface area contributed by atoms with Crippen LogP contribution in [-0.4, -0.2) is 0 Å². The summed E-state index contributed by atoms with van der Waals surface area (Å²) in [6.07, 6.45) is 0. The van der Waals surface area contributed by atoms with Gasteiger partial charge in [0.15, 0.2) is 0 Å². The SMILES string of the molecule is CC(C)c1ccc([C@H](C)N)cc1.Cl. The Kier molecular flexibility index (Phi) is 5.04. The normalized spacial score (nSPS) is 12.4. The third-order valence-corrected chi connectivity index (χ3v) is 2.13. The predicted molar refractivity (Wildman–Crippen MR) is 60.4 cm³/mol. The minimum absolute atomic E-state index is 0. The molecule has 0 bridgehead atoms. The fourth-order valence-electron chi connectivity index (χ4n) is 1.18. The molecule has 0 amide bonds. The monoisotopic (exact) mass is 199 g/mol. The molecule has 74 valence electrons. The molecule has 1 atom stereocenters. The summed E-state index contributed by atoms with van der Waals surface area (Å²) >= 11 is 0. The van der Waals surface area contributed by atoms with Gasteiger partial charge in [0.1, 0.15) is 0 Å². The van der Waals surface area contributed by atoms with E-state index in [1.165, 1.54) is 11.1 Å². The standard InChI is InChI=1S/C11H17N.ClH/c1-8(2)10-4-6-11(7-5-10)9(3)12;/h4-9H,12H2,1-3H3;1H/t9-;/m0./s1. The largest absolute Gasteiger partial charge is 0.324 e. The zero-order chi connectivity index (χ0) is 9.14. The first-order valence-corrected chi connectivity index (χ1v) is 4.46. The van der Waals surface area contributed by atoms with Crippen LogP contribution in [0.2, 0.25) is 0 Å². The zero-order valence-electron chi connectivity index (χ0n) is 8.45. The number of hydrogen-bond acceptors (Lipinski definition) is 1. The molecule has 2 N–H and O–H groups in total. The molecule has 0 saturated carbocycles. The van der Waals surface area contributed by atoms with Crippen molar-refractivity contribution in [2.24, 2.45) is 5.73 Å². The summed E-state index contributed by atoms with van der Waals surface area (Å²) in [6, 6.07) is 8.68. The van der Waals surface area contributed by atoms with E-state index in [0.717, 1.165) is 0 Å². The second-order valence-corrected chi connectivity index (χ2v) is 3.61. The smallest absolute Gasteiger partial charge is 0.0266 e. The minimum atomic E-state index is 0. The van der Waals surface area contributed by atoms with Gasteiger partial charge in [-0.1, -0.05) is 38.1 Å². The molecule has 2 heteroatoms. The maximum absolute atomic E-state index is 5.74. The summed E-state index contributed by atoms with van der Waals surface area (Å²) in [6.45, 7) is 6.39. The van der Waals surface area contributed by atoms with Crippen LogP contribution >= 0.6 is 12.4 Å². The van der Waals surface area contributed by atoms with Crippen molar-refractivity contribution in [3.05, 3.63) is 35.4 Å². The van der Waals surface area contributed by atoms with E-state index in [1.807, 2.05) is 6.92 Å². The molecule has 0 heterocycles. The van der Waals surface area contributed by atoms with Gasteiger partial charge < -0.3 is 5.73 Å². The van der Waals surface area contributed by atoms with E-state index >= 15 is 0 Å². The third-order valence-electron chi connectivity index (χ3n) is 2.13. The molecule has 1 nitrogen and oxygen atoms in total. The lowest BCUT2D eigenvalue weighted by Crippen LogP contribution is -2.04. The fraction of sp³-hybridized carbons (Fsp3) is 0.455. The highest BCUT2D eigenvalue weighted by atomic mass is 35.5. The first kappa shape index (κ1) is 12.5. The quantitative estimate of drug-likeness (QED) is 0.778. The van der Waals surface area contributed by atoms with E-state index in [4.69, 9.17) is 5.73 Å². The maximum atomic E-state index is 5.74. The molecule has 0 aromatic heterocycles. The Morgan fingerprint density at radius 1 is 0.923 bits per heavy atom.